The molecule has 25 heavy (non-hydrogen) atoms. The molecule has 7 heteroatoms. The minimum Gasteiger partial charge on any atom is -0.356 e. The van der Waals surface area contributed by atoms with Crippen LogP contribution in [0.5, 0.6) is 0 Å². The van der Waals surface area contributed by atoms with Crippen molar-refractivity contribution in [2.24, 2.45) is 5.92 Å². The molecule has 5 nitrogen and oxygen atoms in total. The molecule has 0 radical (unpaired) electrons. The first-order valence-corrected chi connectivity index (χ1v) is 11.5. The number of benzene rings is 1. The predicted octanol–water partition coefficient (Wildman–Crippen LogP) is 3.69. The summed E-state index contributed by atoms with van der Waals surface area (Å²) in [5, 5.41) is 3.00. The lowest BCUT2D eigenvalue weighted by atomic mass is 9.89. The van der Waals surface area contributed by atoms with E-state index in [0.29, 0.717) is 31.0 Å². The van der Waals surface area contributed by atoms with Crippen LogP contribution in [0, 0.1) is 5.92 Å². The number of nitrogens with one attached hydrogen (secondary N) is 1. The van der Waals surface area contributed by atoms with Gasteiger partial charge in [-0.25, -0.2) is 8.42 Å². The third-order valence-electron chi connectivity index (χ3n) is 4.59. The van der Waals surface area contributed by atoms with Crippen LogP contribution in [-0.2, 0) is 14.8 Å². The van der Waals surface area contributed by atoms with Crippen molar-refractivity contribution in [2.45, 2.75) is 44.9 Å². The SMILES string of the molecule is CS(=O)(=O)N(CCCC(=O)NCC1CCCCC1)c1ccc(Br)cc1. The standard InChI is InChI=1S/C18H27BrN2O3S/c1-25(23,24)21(17-11-9-16(19)10-12-17)13-5-8-18(22)20-14-15-6-3-2-4-7-15/h9-12,15H,2-8,13-14H2,1H3,(H,20,22). The molecule has 0 heterocycles. The van der Waals surface area contributed by atoms with E-state index in [9.17, 15) is 13.2 Å². The maximum absolute atomic E-state index is 12.0. The fourth-order valence-corrected chi connectivity index (χ4v) is 4.44. The minimum absolute atomic E-state index is 0.00910. The van der Waals surface area contributed by atoms with Crippen LogP contribution in [0.1, 0.15) is 44.9 Å². The minimum atomic E-state index is -3.37. The van der Waals surface area contributed by atoms with Crippen LogP contribution < -0.4 is 9.62 Å². The molecule has 1 aliphatic carbocycles. The Balaban J connectivity index is 1.80. The maximum Gasteiger partial charge on any atom is 0.232 e. The Morgan fingerprint density at radius 2 is 1.84 bits per heavy atom. The van der Waals surface area contributed by atoms with Gasteiger partial charge in [0.1, 0.15) is 0 Å². The number of carbonyl (C=O) groups is 1. The topological polar surface area (TPSA) is 66.5 Å². The second-order valence-electron chi connectivity index (χ2n) is 6.72. The van der Waals surface area contributed by atoms with Gasteiger partial charge in [-0.2, -0.15) is 0 Å². The predicted molar refractivity (Wildman–Crippen MR) is 105 cm³/mol. The summed E-state index contributed by atoms with van der Waals surface area (Å²) in [6.45, 7) is 1.05. The van der Waals surface area contributed by atoms with Gasteiger partial charge in [-0.3, -0.25) is 9.10 Å². The number of nitrogens with zero attached hydrogens (tertiary/aromatic N) is 1. The van der Waals surface area contributed by atoms with Crippen LogP contribution in [0.15, 0.2) is 28.7 Å². The summed E-state index contributed by atoms with van der Waals surface area (Å²) in [4.78, 5) is 12.0. The summed E-state index contributed by atoms with van der Waals surface area (Å²) in [6.07, 6.45) is 8.26. The smallest absolute Gasteiger partial charge is 0.232 e. The van der Waals surface area contributed by atoms with Crippen LogP contribution in [0.2, 0.25) is 0 Å². The fourth-order valence-electron chi connectivity index (χ4n) is 3.21. The second kappa shape index (κ2) is 9.57. The van der Waals surface area contributed by atoms with Gasteiger partial charge < -0.3 is 5.32 Å². The summed E-state index contributed by atoms with van der Waals surface area (Å²) in [6, 6.07) is 7.14. The lowest BCUT2D eigenvalue weighted by Gasteiger charge is -2.23. The average molecular weight is 431 g/mol. The number of hydrogen-bond acceptors (Lipinski definition) is 3. The normalized spacial score (nSPS) is 15.8. The highest BCUT2D eigenvalue weighted by Gasteiger charge is 2.18. The van der Waals surface area contributed by atoms with E-state index in [1.807, 2.05) is 12.1 Å². The van der Waals surface area contributed by atoms with E-state index in [1.54, 1.807) is 12.1 Å². The van der Waals surface area contributed by atoms with Gasteiger partial charge >= 0.3 is 0 Å². The molecule has 1 aromatic rings. The molecule has 1 aliphatic rings. The van der Waals surface area contributed by atoms with Gasteiger partial charge in [0.2, 0.25) is 15.9 Å². The van der Waals surface area contributed by atoms with Gasteiger partial charge in [-0.15, -0.1) is 0 Å². The van der Waals surface area contributed by atoms with Crippen molar-refractivity contribution < 1.29 is 13.2 Å². The summed E-state index contributed by atoms with van der Waals surface area (Å²) in [5.41, 5.74) is 0.619. The number of amides is 1. The molecule has 0 atom stereocenters. The Labute approximate surface area is 159 Å². The van der Waals surface area contributed by atoms with Gasteiger partial charge in [0, 0.05) is 24.0 Å². The summed E-state index contributed by atoms with van der Waals surface area (Å²) >= 11 is 3.35. The largest absolute Gasteiger partial charge is 0.356 e. The molecule has 0 bridgehead atoms. The molecule has 0 aliphatic heterocycles. The van der Waals surface area contributed by atoms with Gasteiger partial charge in [-0.1, -0.05) is 35.2 Å². The van der Waals surface area contributed by atoms with E-state index in [4.69, 9.17) is 0 Å². The zero-order chi connectivity index (χ0) is 18.3. The molecule has 1 saturated carbocycles. The fraction of sp³-hybridized carbons (Fsp3) is 0.611. The zero-order valence-corrected chi connectivity index (χ0v) is 17.1. The van der Waals surface area contributed by atoms with E-state index < -0.39 is 10.0 Å². The average Bonchev–Trinajstić information content (AvgIpc) is 2.58. The van der Waals surface area contributed by atoms with Crippen molar-refractivity contribution in [3.05, 3.63) is 28.7 Å². The molecular formula is C18H27BrN2O3S. The Morgan fingerprint density at radius 3 is 2.44 bits per heavy atom. The van der Waals surface area contributed by atoms with Crippen molar-refractivity contribution in [3.63, 3.8) is 0 Å². The first-order chi connectivity index (χ1) is 11.9. The van der Waals surface area contributed by atoms with Gasteiger partial charge in [0.25, 0.3) is 0 Å². The molecule has 1 fully saturated rings. The highest BCUT2D eigenvalue weighted by Crippen LogP contribution is 2.23. The summed E-state index contributed by atoms with van der Waals surface area (Å²) in [7, 11) is -3.37. The number of sulfonamides is 1. The second-order valence-corrected chi connectivity index (χ2v) is 9.55. The Kier molecular flexibility index (Phi) is 7.75. The van der Waals surface area contributed by atoms with Gasteiger partial charge in [-0.05, 0) is 49.4 Å². The molecule has 2 rings (SSSR count). The summed E-state index contributed by atoms with van der Waals surface area (Å²) in [5.74, 6) is 0.614. The van der Waals surface area contributed by atoms with Crippen LogP contribution in [-0.4, -0.2) is 33.7 Å². The Hall–Kier alpha value is -1.08. The molecule has 0 saturated heterocycles. The highest BCUT2D eigenvalue weighted by atomic mass is 79.9. The number of rotatable bonds is 8. The zero-order valence-electron chi connectivity index (χ0n) is 14.7. The summed E-state index contributed by atoms with van der Waals surface area (Å²) < 4.78 is 26.3. The molecule has 0 spiro atoms. The molecule has 0 aromatic heterocycles. The van der Waals surface area contributed by atoms with E-state index in [1.165, 1.54) is 42.7 Å². The van der Waals surface area contributed by atoms with Gasteiger partial charge in [0.15, 0.2) is 0 Å². The van der Waals surface area contributed by atoms with E-state index in [-0.39, 0.29) is 5.91 Å². The lowest BCUT2D eigenvalue weighted by molar-refractivity contribution is -0.121. The highest BCUT2D eigenvalue weighted by molar-refractivity contribution is 9.10. The van der Waals surface area contributed by atoms with Crippen molar-refractivity contribution in [3.8, 4) is 0 Å². The maximum atomic E-state index is 12.0. The Bertz CT molecular complexity index is 655. The van der Waals surface area contributed by atoms with Gasteiger partial charge in [0.05, 0.1) is 11.9 Å². The molecule has 1 aromatic carbocycles. The van der Waals surface area contributed by atoms with Crippen molar-refractivity contribution >= 4 is 37.5 Å². The first kappa shape index (κ1) is 20.2. The van der Waals surface area contributed by atoms with Crippen molar-refractivity contribution in [1.29, 1.82) is 0 Å². The van der Waals surface area contributed by atoms with E-state index in [2.05, 4.69) is 21.2 Å². The molecule has 0 unspecified atom stereocenters. The van der Waals surface area contributed by atoms with Crippen molar-refractivity contribution in [2.75, 3.05) is 23.7 Å². The number of halogens is 1. The van der Waals surface area contributed by atoms with Crippen LogP contribution in [0.25, 0.3) is 0 Å². The number of hydrogen-bond donors (Lipinski definition) is 1. The lowest BCUT2D eigenvalue weighted by Crippen LogP contribution is -2.33. The van der Waals surface area contributed by atoms with Crippen LogP contribution in [0.4, 0.5) is 5.69 Å². The van der Waals surface area contributed by atoms with E-state index in [0.717, 1.165) is 11.0 Å². The van der Waals surface area contributed by atoms with Crippen LogP contribution in [0.3, 0.4) is 0 Å². The molecule has 1 amide bonds. The molecule has 1 N–H and O–H groups in total. The Morgan fingerprint density at radius 1 is 1.20 bits per heavy atom. The van der Waals surface area contributed by atoms with E-state index >= 15 is 0 Å². The number of carbonyl (C=O) groups excluding carboxylic acids is 1. The third kappa shape index (κ3) is 6.98. The quantitative estimate of drug-likeness (QED) is 0.683. The van der Waals surface area contributed by atoms with Crippen molar-refractivity contribution in [1.82, 2.24) is 5.32 Å². The molecular weight excluding hydrogens is 404 g/mol. The molecule has 140 valence electrons. The third-order valence-corrected chi connectivity index (χ3v) is 6.32. The number of anilines is 1. The van der Waals surface area contributed by atoms with Crippen LogP contribution >= 0.6 is 15.9 Å². The monoisotopic (exact) mass is 430 g/mol. The first-order valence-electron chi connectivity index (χ1n) is 8.86.